The molecule has 1 N–H and O–H groups in total. The Hall–Kier alpha value is -2.32. The summed E-state index contributed by atoms with van der Waals surface area (Å²) in [4.78, 5) is 23.2. The summed E-state index contributed by atoms with van der Waals surface area (Å²) in [6.07, 6.45) is -3.20. The van der Waals surface area contributed by atoms with E-state index in [4.69, 9.17) is 5.11 Å². The van der Waals surface area contributed by atoms with Crippen molar-refractivity contribution in [3.8, 4) is 5.88 Å². The van der Waals surface area contributed by atoms with Crippen LogP contribution in [-0.4, -0.2) is 28.1 Å². The third-order valence-corrected chi connectivity index (χ3v) is 1.82. The lowest BCUT2D eigenvalue weighted by molar-refractivity contribution is -0.386. The molecular formula is C8H6F2N2O5. The zero-order chi connectivity index (χ0) is 13.2. The molecule has 0 bridgehead atoms. The molecule has 9 heteroatoms. The molecule has 0 fully saturated rings. The highest BCUT2D eigenvalue weighted by atomic mass is 19.3. The molecule has 0 unspecified atom stereocenters. The van der Waals surface area contributed by atoms with Gasteiger partial charge in [-0.2, -0.15) is 0 Å². The highest BCUT2D eigenvalue weighted by Gasteiger charge is 2.28. The molecular weight excluding hydrogens is 242 g/mol. The van der Waals surface area contributed by atoms with E-state index in [2.05, 4.69) is 9.72 Å². The highest BCUT2D eigenvalue weighted by molar-refractivity contribution is 5.91. The van der Waals surface area contributed by atoms with Crippen molar-refractivity contribution in [1.82, 2.24) is 4.98 Å². The van der Waals surface area contributed by atoms with Crippen molar-refractivity contribution in [3.63, 3.8) is 0 Å². The fourth-order valence-corrected chi connectivity index (χ4v) is 1.11. The van der Waals surface area contributed by atoms with E-state index in [0.29, 0.717) is 6.07 Å². The Morgan fingerprint density at radius 3 is 2.59 bits per heavy atom. The predicted molar refractivity (Wildman–Crippen MR) is 49.4 cm³/mol. The Balaban J connectivity index is 3.53. The van der Waals surface area contributed by atoms with E-state index >= 15 is 0 Å². The fourth-order valence-electron chi connectivity index (χ4n) is 1.11. The highest BCUT2D eigenvalue weighted by Crippen LogP contribution is 2.31. The maximum absolute atomic E-state index is 12.5. The zero-order valence-electron chi connectivity index (χ0n) is 8.39. The van der Waals surface area contributed by atoms with Crippen LogP contribution in [0.1, 0.15) is 22.5 Å². The number of carbonyl (C=O) groups is 1. The van der Waals surface area contributed by atoms with Crippen LogP contribution in [0.2, 0.25) is 0 Å². The molecule has 0 radical (unpaired) electrons. The first kappa shape index (κ1) is 12.7. The summed E-state index contributed by atoms with van der Waals surface area (Å²) in [6, 6.07) is 0.496. The number of halogens is 2. The van der Waals surface area contributed by atoms with Crippen LogP contribution in [0.4, 0.5) is 14.5 Å². The van der Waals surface area contributed by atoms with Crippen LogP contribution in [0.3, 0.4) is 0 Å². The third kappa shape index (κ3) is 2.44. The van der Waals surface area contributed by atoms with Gasteiger partial charge in [-0.15, -0.1) is 0 Å². The van der Waals surface area contributed by atoms with Crippen molar-refractivity contribution in [3.05, 3.63) is 27.4 Å². The number of aromatic nitrogens is 1. The summed E-state index contributed by atoms with van der Waals surface area (Å²) < 4.78 is 29.4. The summed E-state index contributed by atoms with van der Waals surface area (Å²) in [6.45, 7) is 0. The first-order chi connectivity index (χ1) is 7.88. The topological polar surface area (TPSA) is 103 Å². The normalized spacial score (nSPS) is 10.4. The molecule has 0 amide bonds. The van der Waals surface area contributed by atoms with Gasteiger partial charge in [0.05, 0.1) is 12.0 Å². The number of hydrogen-bond acceptors (Lipinski definition) is 5. The molecule has 0 aliphatic rings. The minimum absolute atomic E-state index is 0.496. The molecule has 7 nitrogen and oxygen atoms in total. The van der Waals surface area contributed by atoms with Crippen molar-refractivity contribution >= 4 is 11.7 Å². The number of hydrogen-bond donors (Lipinski definition) is 1. The van der Waals surface area contributed by atoms with Crippen molar-refractivity contribution in [2.45, 2.75) is 6.43 Å². The van der Waals surface area contributed by atoms with Crippen molar-refractivity contribution in [1.29, 1.82) is 0 Å². The van der Waals surface area contributed by atoms with Gasteiger partial charge in [0.1, 0.15) is 5.56 Å². The number of rotatable bonds is 4. The maximum atomic E-state index is 12.5. The molecule has 0 spiro atoms. The molecule has 0 aromatic carbocycles. The van der Waals surface area contributed by atoms with Gasteiger partial charge in [-0.05, 0) is 0 Å². The van der Waals surface area contributed by atoms with Crippen LogP contribution in [0.15, 0.2) is 6.07 Å². The number of nitro groups is 1. The molecule has 1 rings (SSSR count). The van der Waals surface area contributed by atoms with Crippen LogP contribution in [0.25, 0.3) is 0 Å². The molecule has 0 saturated carbocycles. The van der Waals surface area contributed by atoms with Gasteiger partial charge in [0, 0.05) is 6.07 Å². The largest absolute Gasteiger partial charge is 0.480 e. The Kier molecular flexibility index (Phi) is 3.51. The molecule has 17 heavy (non-hydrogen) atoms. The summed E-state index contributed by atoms with van der Waals surface area (Å²) in [7, 11) is 1.02. The average Bonchev–Trinajstić information content (AvgIpc) is 2.26. The number of methoxy groups -OCH3 is 1. The molecule has 92 valence electrons. The van der Waals surface area contributed by atoms with E-state index in [-0.39, 0.29) is 0 Å². The summed E-state index contributed by atoms with van der Waals surface area (Å²) in [5.74, 6) is -2.16. The SMILES string of the molecule is COc1nc(C(F)F)c([N+](=O)[O-])cc1C(=O)O. The van der Waals surface area contributed by atoms with Gasteiger partial charge in [0.2, 0.25) is 5.88 Å². The molecule has 0 aliphatic heterocycles. The van der Waals surface area contributed by atoms with E-state index in [0.717, 1.165) is 7.11 Å². The average molecular weight is 248 g/mol. The first-order valence-corrected chi connectivity index (χ1v) is 4.13. The van der Waals surface area contributed by atoms with Crippen molar-refractivity contribution < 1.29 is 28.3 Å². The lowest BCUT2D eigenvalue weighted by Gasteiger charge is -2.06. The Labute approximate surface area is 92.8 Å². The number of carboxylic acids is 1. The molecule has 1 heterocycles. The minimum atomic E-state index is -3.20. The van der Waals surface area contributed by atoms with Gasteiger partial charge < -0.3 is 9.84 Å². The van der Waals surface area contributed by atoms with Crippen LogP contribution < -0.4 is 4.74 Å². The predicted octanol–water partition coefficient (Wildman–Crippen LogP) is 1.63. The van der Waals surface area contributed by atoms with Gasteiger partial charge in [-0.1, -0.05) is 0 Å². The van der Waals surface area contributed by atoms with Gasteiger partial charge in [-0.3, -0.25) is 10.1 Å². The Morgan fingerprint density at radius 2 is 2.24 bits per heavy atom. The molecule has 0 aliphatic carbocycles. The molecule has 0 atom stereocenters. The molecule has 1 aromatic heterocycles. The molecule has 0 saturated heterocycles. The van der Waals surface area contributed by atoms with E-state index < -0.39 is 40.1 Å². The number of pyridine rings is 1. The second kappa shape index (κ2) is 4.68. The van der Waals surface area contributed by atoms with Gasteiger partial charge in [0.15, 0.2) is 5.69 Å². The maximum Gasteiger partial charge on any atom is 0.341 e. The number of aromatic carboxylic acids is 1. The lowest BCUT2D eigenvalue weighted by Crippen LogP contribution is -2.08. The molecule has 1 aromatic rings. The van der Waals surface area contributed by atoms with Gasteiger partial charge >= 0.3 is 5.97 Å². The van der Waals surface area contributed by atoms with Crippen LogP contribution in [-0.2, 0) is 0 Å². The van der Waals surface area contributed by atoms with E-state index in [1.165, 1.54) is 0 Å². The second-order valence-corrected chi connectivity index (χ2v) is 2.81. The van der Waals surface area contributed by atoms with E-state index in [9.17, 15) is 23.7 Å². The number of nitrogens with zero attached hydrogens (tertiary/aromatic N) is 2. The first-order valence-electron chi connectivity index (χ1n) is 4.13. The van der Waals surface area contributed by atoms with Crippen molar-refractivity contribution in [2.24, 2.45) is 0 Å². The number of carboxylic acid groups (broad SMARTS) is 1. The van der Waals surface area contributed by atoms with Crippen LogP contribution >= 0.6 is 0 Å². The van der Waals surface area contributed by atoms with E-state index in [1.807, 2.05) is 0 Å². The fraction of sp³-hybridized carbons (Fsp3) is 0.250. The number of alkyl halides is 2. The summed E-state index contributed by atoms with van der Waals surface area (Å²) in [5, 5.41) is 19.2. The van der Waals surface area contributed by atoms with Crippen LogP contribution in [0.5, 0.6) is 5.88 Å². The quantitative estimate of drug-likeness (QED) is 0.641. The lowest BCUT2D eigenvalue weighted by atomic mass is 10.2. The van der Waals surface area contributed by atoms with E-state index in [1.54, 1.807) is 0 Å². The number of ether oxygens (including phenoxy) is 1. The standard InChI is InChI=1S/C8H6F2N2O5/c1-17-7-3(8(13)14)2-4(12(15)16)5(11-7)6(9)10/h2,6H,1H3,(H,13,14). The third-order valence-electron chi connectivity index (χ3n) is 1.82. The zero-order valence-corrected chi connectivity index (χ0v) is 8.39. The van der Waals surface area contributed by atoms with Gasteiger partial charge in [0.25, 0.3) is 12.1 Å². The summed E-state index contributed by atoms with van der Waals surface area (Å²) >= 11 is 0. The minimum Gasteiger partial charge on any atom is -0.480 e. The van der Waals surface area contributed by atoms with Crippen LogP contribution in [0, 0.1) is 10.1 Å². The van der Waals surface area contributed by atoms with Gasteiger partial charge in [-0.25, -0.2) is 18.6 Å². The Bertz CT molecular complexity index is 477. The monoisotopic (exact) mass is 248 g/mol. The van der Waals surface area contributed by atoms with Crippen molar-refractivity contribution in [2.75, 3.05) is 7.11 Å². The summed E-state index contributed by atoms with van der Waals surface area (Å²) in [5.41, 5.74) is -2.83. The second-order valence-electron chi connectivity index (χ2n) is 2.81. The smallest absolute Gasteiger partial charge is 0.341 e. The Morgan fingerprint density at radius 1 is 1.65 bits per heavy atom.